The topological polar surface area (TPSA) is 66.9 Å². The second-order valence-electron chi connectivity index (χ2n) is 5.75. The third-order valence-electron chi connectivity index (χ3n) is 3.82. The molecule has 5 heteroatoms. The summed E-state index contributed by atoms with van der Waals surface area (Å²) in [5, 5.41) is 6.16. The highest BCUT2D eigenvalue weighted by atomic mass is 16.1. The molecule has 0 radical (unpaired) electrons. The standard InChI is InChI=1S/C16H16N4O/c1-9-6-14(20-16(17-9)10-2-3-10)18-12-4-5-13-11(7-12)8-15(21)19-13/h4-7,10H,2-3,8H2,1H3,(H,19,21)(H,17,18,20). The number of hydrogen-bond donors (Lipinski definition) is 2. The molecule has 0 bridgehead atoms. The van der Waals surface area contributed by atoms with Gasteiger partial charge in [0.25, 0.3) is 0 Å². The van der Waals surface area contributed by atoms with E-state index in [9.17, 15) is 4.79 Å². The van der Waals surface area contributed by atoms with Crippen LogP contribution in [0.5, 0.6) is 0 Å². The van der Waals surface area contributed by atoms with Crippen molar-refractivity contribution < 1.29 is 4.79 Å². The summed E-state index contributed by atoms with van der Waals surface area (Å²) in [5.41, 5.74) is 3.86. The van der Waals surface area contributed by atoms with Crippen LogP contribution in [0.3, 0.4) is 0 Å². The molecule has 1 amide bonds. The summed E-state index contributed by atoms with van der Waals surface area (Å²) in [7, 11) is 0. The van der Waals surface area contributed by atoms with E-state index in [1.165, 1.54) is 12.8 Å². The second-order valence-corrected chi connectivity index (χ2v) is 5.75. The molecular formula is C16H16N4O. The van der Waals surface area contributed by atoms with E-state index in [1.54, 1.807) is 0 Å². The highest BCUT2D eigenvalue weighted by molar-refractivity contribution is 5.99. The van der Waals surface area contributed by atoms with E-state index in [0.717, 1.165) is 34.3 Å². The van der Waals surface area contributed by atoms with Crippen molar-refractivity contribution in [3.63, 3.8) is 0 Å². The maximum atomic E-state index is 11.4. The molecule has 5 nitrogen and oxygen atoms in total. The fraction of sp³-hybridized carbons (Fsp3) is 0.312. The van der Waals surface area contributed by atoms with E-state index in [1.807, 2.05) is 31.2 Å². The Morgan fingerprint density at radius 1 is 1.24 bits per heavy atom. The fourth-order valence-electron chi connectivity index (χ4n) is 2.63. The number of nitrogens with zero attached hydrogens (tertiary/aromatic N) is 2. The number of aryl methyl sites for hydroxylation is 1. The first-order chi connectivity index (χ1) is 10.2. The van der Waals surface area contributed by atoms with Crippen molar-refractivity contribution in [2.75, 3.05) is 10.6 Å². The molecule has 1 aromatic carbocycles. The van der Waals surface area contributed by atoms with Gasteiger partial charge in [-0.05, 0) is 43.5 Å². The Bertz CT molecular complexity index is 737. The summed E-state index contributed by atoms with van der Waals surface area (Å²) in [6.45, 7) is 1.99. The zero-order valence-corrected chi connectivity index (χ0v) is 11.8. The molecule has 0 spiro atoms. The lowest BCUT2D eigenvalue weighted by Crippen LogP contribution is -2.03. The number of benzene rings is 1. The van der Waals surface area contributed by atoms with Crippen molar-refractivity contribution in [3.05, 3.63) is 41.3 Å². The Morgan fingerprint density at radius 2 is 2.10 bits per heavy atom. The van der Waals surface area contributed by atoms with Gasteiger partial charge in [0.05, 0.1) is 6.42 Å². The number of fused-ring (bicyclic) bond motifs is 1. The van der Waals surface area contributed by atoms with E-state index < -0.39 is 0 Å². The molecule has 2 aliphatic rings. The Kier molecular flexibility index (Phi) is 2.67. The zero-order chi connectivity index (χ0) is 14.4. The smallest absolute Gasteiger partial charge is 0.228 e. The molecule has 1 aromatic heterocycles. The van der Waals surface area contributed by atoms with Crippen molar-refractivity contribution in [1.29, 1.82) is 0 Å². The fourth-order valence-corrected chi connectivity index (χ4v) is 2.63. The third-order valence-corrected chi connectivity index (χ3v) is 3.82. The molecule has 2 heterocycles. The number of carbonyl (C=O) groups excluding carboxylic acids is 1. The largest absolute Gasteiger partial charge is 0.340 e. The van der Waals surface area contributed by atoms with E-state index in [2.05, 4.69) is 20.6 Å². The Balaban J connectivity index is 1.61. The SMILES string of the molecule is Cc1cc(Nc2ccc3c(c2)CC(=O)N3)nc(C2CC2)n1. The minimum absolute atomic E-state index is 0.0519. The lowest BCUT2D eigenvalue weighted by atomic mass is 10.1. The van der Waals surface area contributed by atoms with E-state index in [-0.39, 0.29) is 5.91 Å². The van der Waals surface area contributed by atoms with Crippen LogP contribution >= 0.6 is 0 Å². The van der Waals surface area contributed by atoms with Crippen LogP contribution in [0.4, 0.5) is 17.2 Å². The maximum Gasteiger partial charge on any atom is 0.228 e. The summed E-state index contributed by atoms with van der Waals surface area (Å²) in [6.07, 6.45) is 2.83. The Labute approximate surface area is 122 Å². The van der Waals surface area contributed by atoms with Gasteiger partial charge < -0.3 is 10.6 Å². The Morgan fingerprint density at radius 3 is 2.90 bits per heavy atom. The zero-order valence-electron chi connectivity index (χ0n) is 11.8. The van der Waals surface area contributed by atoms with Crippen LogP contribution < -0.4 is 10.6 Å². The number of hydrogen-bond acceptors (Lipinski definition) is 4. The van der Waals surface area contributed by atoms with Gasteiger partial charge >= 0.3 is 0 Å². The van der Waals surface area contributed by atoms with Crippen LogP contribution in [0, 0.1) is 6.92 Å². The van der Waals surface area contributed by atoms with E-state index in [0.29, 0.717) is 12.3 Å². The number of nitrogens with one attached hydrogen (secondary N) is 2. The average Bonchev–Trinajstić information content (AvgIpc) is 3.20. The third kappa shape index (κ3) is 2.46. The summed E-state index contributed by atoms with van der Waals surface area (Å²) in [4.78, 5) is 20.5. The molecule has 21 heavy (non-hydrogen) atoms. The normalized spacial score (nSPS) is 16.5. The van der Waals surface area contributed by atoms with Crippen LogP contribution in [0.1, 0.15) is 35.8 Å². The first kappa shape index (κ1) is 12.3. The molecule has 1 aliphatic heterocycles. The summed E-state index contributed by atoms with van der Waals surface area (Å²) >= 11 is 0. The first-order valence-electron chi connectivity index (χ1n) is 7.23. The average molecular weight is 280 g/mol. The predicted octanol–water partition coefficient (Wildman–Crippen LogP) is 2.90. The Hall–Kier alpha value is -2.43. The predicted molar refractivity (Wildman–Crippen MR) is 80.8 cm³/mol. The van der Waals surface area contributed by atoms with Gasteiger partial charge in [-0.3, -0.25) is 4.79 Å². The van der Waals surface area contributed by atoms with Crippen LogP contribution in [-0.4, -0.2) is 15.9 Å². The minimum atomic E-state index is 0.0519. The molecule has 1 fully saturated rings. The maximum absolute atomic E-state index is 11.4. The molecule has 1 saturated carbocycles. The van der Waals surface area contributed by atoms with Crippen molar-refractivity contribution in [2.24, 2.45) is 0 Å². The summed E-state index contributed by atoms with van der Waals surface area (Å²) in [6, 6.07) is 7.83. The minimum Gasteiger partial charge on any atom is -0.340 e. The number of carbonyl (C=O) groups is 1. The van der Waals surface area contributed by atoms with Gasteiger partial charge in [-0.25, -0.2) is 9.97 Å². The molecule has 0 unspecified atom stereocenters. The highest BCUT2D eigenvalue weighted by Crippen LogP contribution is 2.38. The van der Waals surface area contributed by atoms with Gasteiger partial charge in [0.15, 0.2) is 0 Å². The summed E-state index contributed by atoms with van der Waals surface area (Å²) < 4.78 is 0. The van der Waals surface area contributed by atoms with Gasteiger partial charge in [-0.2, -0.15) is 0 Å². The van der Waals surface area contributed by atoms with Gasteiger partial charge in [-0.1, -0.05) is 0 Å². The first-order valence-corrected chi connectivity index (χ1v) is 7.23. The molecule has 2 N–H and O–H groups in total. The van der Waals surface area contributed by atoms with Gasteiger partial charge in [0.1, 0.15) is 11.6 Å². The van der Waals surface area contributed by atoms with E-state index in [4.69, 9.17) is 0 Å². The van der Waals surface area contributed by atoms with Crippen molar-refractivity contribution in [2.45, 2.75) is 32.1 Å². The van der Waals surface area contributed by atoms with E-state index >= 15 is 0 Å². The van der Waals surface area contributed by atoms with Crippen molar-refractivity contribution in [1.82, 2.24) is 9.97 Å². The highest BCUT2D eigenvalue weighted by Gasteiger charge is 2.27. The number of rotatable bonds is 3. The number of aromatic nitrogens is 2. The van der Waals surface area contributed by atoms with Crippen LogP contribution in [0.2, 0.25) is 0 Å². The molecule has 0 saturated heterocycles. The van der Waals surface area contributed by atoms with Crippen LogP contribution in [0.15, 0.2) is 24.3 Å². The molecular weight excluding hydrogens is 264 g/mol. The van der Waals surface area contributed by atoms with Gasteiger partial charge in [0.2, 0.25) is 5.91 Å². The molecule has 2 aromatic rings. The second kappa shape index (κ2) is 4.55. The number of anilines is 3. The lowest BCUT2D eigenvalue weighted by Gasteiger charge is -2.09. The summed E-state index contributed by atoms with van der Waals surface area (Å²) in [5.74, 6) is 2.35. The van der Waals surface area contributed by atoms with Crippen LogP contribution in [0.25, 0.3) is 0 Å². The van der Waals surface area contributed by atoms with Gasteiger partial charge in [0, 0.05) is 29.1 Å². The monoisotopic (exact) mass is 280 g/mol. The van der Waals surface area contributed by atoms with Gasteiger partial charge in [-0.15, -0.1) is 0 Å². The molecule has 106 valence electrons. The van der Waals surface area contributed by atoms with Crippen LogP contribution in [-0.2, 0) is 11.2 Å². The molecule has 0 atom stereocenters. The van der Waals surface area contributed by atoms with Crippen molar-refractivity contribution in [3.8, 4) is 0 Å². The molecule has 4 rings (SSSR count). The van der Waals surface area contributed by atoms with Crippen molar-refractivity contribution >= 4 is 23.1 Å². The molecule has 1 aliphatic carbocycles. The quantitative estimate of drug-likeness (QED) is 0.907. The number of amides is 1. The lowest BCUT2D eigenvalue weighted by molar-refractivity contribution is -0.115.